The minimum atomic E-state index is 0. The summed E-state index contributed by atoms with van der Waals surface area (Å²) in [6, 6.07) is 13.3. The highest BCUT2D eigenvalue weighted by molar-refractivity contribution is 5.95. The average molecular weight is 430 g/mol. The fourth-order valence-corrected chi connectivity index (χ4v) is 3.05. The van der Waals surface area contributed by atoms with Gasteiger partial charge in [-0.3, -0.25) is 10.5 Å². The molecule has 0 unspecified atom stereocenters. The summed E-state index contributed by atoms with van der Waals surface area (Å²) in [5.74, 6) is 1.98. The summed E-state index contributed by atoms with van der Waals surface area (Å²) < 4.78 is 14.4. The Hall–Kier alpha value is -2.80. The second-order valence-corrected chi connectivity index (χ2v) is 6.42. The Kier molecular flexibility index (Phi) is 5.23. The fraction of sp³-hybridized carbons (Fsp3) is 0.200. The molecule has 3 aromatic rings. The molecule has 0 saturated carbocycles. The molecule has 1 aliphatic rings. The van der Waals surface area contributed by atoms with Crippen molar-refractivity contribution >= 4 is 11.7 Å². The topological polar surface area (TPSA) is 70.4 Å². The van der Waals surface area contributed by atoms with Crippen molar-refractivity contribution in [3.63, 3.8) is 0 Å². The highest BCUT2D eigenvalue weighted by Crippen LogP contribution is 2.35. The standard InChI is InChI=1S/C20H19N3O3.BrH/c1-13-3-5-14(6-4-13)17(24)11-23-10-16(22(2)20(23)21)15-7-8-18-19(9-15)26-12-25-18;/h3-10,21H,11-12H2,1-2H3;1H. The molecule has 0 fully saturated rings. The Balaban J connectivity index is 0.00000210. The first kappa shape index (κ1) is 19.0. The number of halogens is 1. The van der Waals surface area contributed by atoms with Gasteiger partial charge >= 0.3 is 5.95 Å². The van der Waals surface area contributed by atoms with Crippen LogP contribution in [0.4, 0.5) is 5.95 Å². The highest BCUT2D eigenvalue weighted by Gasteiger charge is 2.22. The van der Waals surface area contributed by atoms with Gasteiger partial charge in [-0.15, -0.1) is 0 Å². The van der Waals surface area contributed by atoms with Crippen LogP contribution in [0.5, 0.6) is 11.5 Å². The van der Waals surface area contributed by atoms with Crippen molar-refractivity contribution in [3.8, 4) is 22.8 Å². The van der Waals surface area contributed by atoms with Gasteiger partial charge < -0.3 is 26.5 Å². The van der Waals surface area contributed by atoms with E-state index in [1.807, 2.05) is 67.2 Å². The lowest BCUT2D eigenvalue weighted by Gasteiger charge is -2.01. The minimum absolute atomic E-state index is 0. The monoisotopic (exact) mass is 429 g/mol. The Bertz CT molecular complexity index is 996. The van der Waals surface area contributed by atoms with Crippen LogP contribution in [0.25, 0.3) is 11.3 Å². The van der Waals surface area contributed by atoms with Gasteiger partial charge in [-0.2, -0.15) is 0 Å². The summed E-state index contributed by atoms with van der Waals surface area (Å²) in [7, 11) is 1.88. The molecule has 140 valence electrons. The van der Waals surface area contributed by atoms with Crippen molar-refractivity contribution in [2.24, 2.45) is 7.05 Å². The second kappa shape index (κ2) is 7.44. The van der Waals surface area contributed by atoms with Crippen LogP contribution in [-0.4, -0.2) is 17.1 Å². The van der Waals surface area contributed by atoms with Crippen LogP contribution >= 0.6 is 0 Å². The van der Waals surface area contributed by atoms with E-state index < -0.39 is 0 Å². The van der Waals surface area contributed by atoms with Crippen LogP contribution in [0, 0.1) is 6.92 Å². The third-order valence-corrected chi connectivity index (χ3v) is 4.63. The van der Waals surface area contributed by atoms with E-state index in [0.717, 1.165) is 22.6 Å². The Morgan fingerprint density at radius 1 is 1.15 bits per heavy atom. The van der Waals surface area contributed by atoms with Gasteiger partial charge in [0.25, 0.3) is 0 Å². The predicted molar refractivity (Wildman–Crippen MR) is 97.1 cm³/mol. The van der Waals surface area contributed by atoms with E-state index in [2.05, 4.69) is 0 Å². The van der Waals surface area contributed by atoms with E-state index in [4.69, 9.17) is 15.2 Å². The average Bonchev–Trinajstić information content (AvgIpc) is 3.21. The molecule has 0 amide bonds. The van der Waals surface area contributed by atoms with Crippen LogP contribution in [0.1, 0.15) is 15.9 Å². The van der Waals surface area contributed by atoms with Gasteiger partial charge in [0, 0.05) is 11.1 Å². The molecule has 0 radical (unpaired) electrons. The van der Waals surface area contributed by atoms with Crippen LogP contribution in [0.15, 0.2) is 48.7 Å². The van der Waals surface area contributed by atoms with Crippen molar-refractivity contribution < 1.29 is 35.8 Å². The van der Waals surface area contributed by atoms with E-state index >= 15 is 0 Å². The van der Waals surface area contributed by atoms with Crippen molar-refractivity contribution in [1.82, 2.24) is 4.57 Å². The number of aromatic nitrogens is 2. The van der Waals surface area contributed by atoms with Crippen LogP contribution in [0.3, 0.4) is 0 Å². The molecule has 0 aliphatic carbocycles. The van der Waals surface area contributed by atoms with E-state index in [1.165, 1.54) is 0 Å². The van der Waals surface area contributed by atoms with E-state index in [0.29, 0.717) is 17.3 Å². The molecule has 7 heteroatoms. The summed E-state index contributed by atoms with van der Waals surface area (Å²) >= 11 is 0. The van der Waals surface area contributed by atoms with Crippen molar-refractivity contribution in [2.45, 2.75) is 13.5 Å². The number of nitrogens with zero attached hydrogens (tertiary/aromatic N) is 2. The molecule has 0 spiro atoms. The number of nitrogens with two attached hydrogens (primary N) is 1. The number of anilines is 1. The lowest BCUT2D eigenvalue weighted by atomic mass is 10.1. The largest absolute Gasteiger partial charge is 1.00 e. The molecule has 27 heavy (non-hydrogen) atoms. The third-order valence-electron chi connectivity index (χ3n) is 4.63. The molecule has 0 bridgehead atoms. The normalized spacial score (nSPS) is 11.9. The van der Waals surface area contributed by atoms with Gasteiger partial charge in [-0.1, -0.05) is 29.8 Å². The minimum Gasteiger partial charge on any atom is -1.00 e. The zero-order chi connectivity index (χ0) is 18.3. The van der Waals surface area contributed by atoms with Gasteiger partial charge in [-0.25, -0.2) is 9.13 Å². The molecule has 6 nitrogen and oxygen atoms in total. The number of imidazole rings is 1. The summed E-state index contributed by atoms with van der Waals surface area (Å²) in [6.45, 7) is 2.42. The number of fused-ring (bicyclic) bond motifs is 1. The number of benzene rings is 2. The summed E-state index contributed by atoms with van der Waals surface area (Å²) in [4.78, 5) is 12.6. The smallest absolute Gasteiger partial charge is 0.355 e. The number of ether oxygens (including phenoxy) is 2. The number of Topliss-reactive ketones (excluding diaryl/α,β-unsaturated/α-hetero) is 1. The van der Waals surface area contributed by atoms with Crippen molar-refractivity contribution in [2.75, 3.05) is 12.5 Å². The lowest BCUT2D eigenvalue weighted by Crippen LogP contribution is -3.00. The first-order chi connectivity index (χ1) is 12.5. The molecular weight excluding hydrogens is 410 g/mol. The molecule has 2 aromatic carbocycles. The molecule has 0 atom stereocenters. The maximum Gasteiger partial charge on any atom is 0.355 e. The molecule has 2 heterocycles. The number of ketones is 1. The molecule has 2 N–H and O–H groups in total. The Labute approximate surface area is 167 Å². The van der Waals surface area contributed by atoms with E-state index in [-0.39, 0.29) is 36.1 Å². The van der Waals surface area contributed by atoms with E-state index in [9.17, 15) is 4.79 Å². The van der Waals surface area contributed by atoms with Crippen molar-refractivity contribution in [3.05, 3.63) is 59.8 Å². The Morgan fingerprint density at radius 3 is 2.59 bits per heavy atom. The fourth-order valence-electron chi connectivity index (χ4n) is 3.05. The number of nitrogen functional groups attached to an aromatic ring is 1. The third kappa shape index (κ3) is 3.55. The Morgan fingerprint density at radius 2 is 1.85 bits per heavy atom. The quantitative estimate of drug-likeness (QED) is 0.447. The highest BCUT2D eigenvalue weighted by atomic mass is 79.9. The predicted octanol–water partition coefficient (Wildman–Crippen LogP) is -0.514. The van der Waals surface area contributed by atoms with Gasteiger partial charge in [0.2, 0.25) is 6.79 Å². The summed E-state index contributed by atoms with van der Waals surface area (Å²) in [5, 5.41) is 0. The molecule has 0 saturated heterocycles. The number of carbonyl (C=O) groups is 1. The SMILES string of the molecule is Cc1ccc(C(=O)C[n+]2cc(-c3ccc4c(c3)OCO4)n(C)c2N)cc1.[Br-]. The molecular formula is C20H20BrN3O3. The number of carbonyl (C=O) groups excluding carboxylic acids is 1. The van der Waals surface area contributed by atoms with E-state index in [1.54, 1.807) is 4.57 Å². The van der Waals surface area contributed by atoms with Gasteiger partial charge in [0.15, 0.2) is 17.3 Å². The first-order valence-electron chi connectivity index (χ1n) is 8.37. The lowest BCUT2D eigenvalue weighted by molar-refractivity contribution is -0.667. The number of hydrogen-bond donors (Lipinski definition) is 1. The molecule has 1 aliphatic heterocycles. The zero-order valence-corrected chi connectivity index (χ0v) is 16.7. The van der Waals surface area contributed by atoms with Crippen LogP contribution in [0.2, 0.25) is 0 Å². The maximum atomic E-state index is 12.6. The number of aryl methyl sites for hydroxylation is 1. The zero-order valence-electron chi connectivity index (χ0n) is 15.1. The van der Waals surface area contributed by atoms with Crippen LogP contribution in [-0.2, 0) is 13.6 Å². The van der Waals surface area contributed by atoms with Crippen molar-refractivity contribution in [1.29, 1.82) is 0 Å². The van der Waals surface area contributed by atoms with Gasteiger partial charge in [-0.05, 0) is 25.1 Å². The number of hydrogen-bond acceptors (Lipinski definition) is 4. The second-order valence-electron chi connectivity index (χ2n) is 6.42. The summed E-state index contributed by atoms with van der Waals surface area (Å²) in [6.07, 6.45) is 1.89. The van der Waals surface area contributed by atoms with Gasteiger partial charge in [0.05, 0.1) is 7.05 Å². The van der Waals surface area contributed by atoms with Crippen LogP contribution < -0.4 is 36.8 Å². The number of rotatable bonds is 4. The summed E-state index contributed by atoms with van der Waals surface area (Å²) in [5.41, 5.74) is 9.87. The molecule has 1 aromatic heterocycles. The molecule has 4 rings (SSSR count). The maximum absolute atomic E-state index is 12.6. The van der Waals surface area contributed by atoms with Gasteiger partial charge in [0.1, 0.15) is 18.4 Å². The first-order valence-corrected chi connectivity index (χ1v) is 8.37.